The number of para-hydroxylation sites is 1. The number of hydrogen-bond acceptors (Lipinski definition) is 1. The summed E-state index contributed by atoms with van der Waals surface area (Å²) < 4.78 is 5.28. The van der Waals surface area contributed by atoms with Crippen LogP contribution in [0.3, 0.4) is 0 Å². The molecule has 0 N–H and O–H groups in total. The molecule has 0 saturated carbocycles. The minimum absolute atomic E-state index is 0.704. The van der Waals surface area contributed by atoms with Gasteiger partial charge in [0, 0.05) is 10.6 Å². The summed E-state index contributed by atoms with van der Waals surface area (Å²) >= 11 is 6.28. The fourth-order valence-electron chi connectivity index (χ4n) is 1.60. The van der Waals surface area contributed by atoms with Crippen LogP contribution in [0.1, 0.15) is 11.1 Å². The van der Waals surface area contributed by atoms with E-state index in [9.17, 15) is 0 Å². The van der Waals surface area contributed by atoms with Crippen LogP contribution < -0.4 is 4.74 Å². The summed E-state index contributed by atoms with van der Waals surface area (Å²) in [6, 6.07) is 17.7. The summed E-state index contributed by atoms with van der Waals surface area (Å²) in [5, 5.41) is 0.704. The Morgan fingerprint density at radius 2 is 1.65 bits per heavy atom. The molecule has 2 aromatic carbocycles. The third-order valence-corrected chi connectivity index (χ3v) is 2.80. The van der Waals surface area contributed by atoms with Gasteiger partial charge in [-0.3, -0.25) is 0 Å². The van der Waals surface area contributed by atoms with Gasteiger partial charge < -0.3 is 4.74 Å². The van der Waals surface area contributed by atoms with Crippen molar-refractivity contribution in [2.24, 2.45) is 0 Å². The first kappa shape index (κ1) is 11.7. The Balaban J connectivity index is 2.36. The van der Waals surface area contributed by atoms with Crippen LogP contribution in [-0.4, -0.2) is 7.11 Å². The van der Waals surface area contributed by atoms with Crippen LogP contribution in [-0.2, 0) is 0 Å². The van der Waals surface area contributed by atoms with Gasteiger partial charge in [-0.25, -0.2) is 0 Å². The average molecular weight is 245 g/mol. The Labute approximate surface area is 106 Å². The number of benzene rings is 2. The van der Waals surface area contributed by atoms with Crippen LogP contribution >= 0.6 is 11.6 Å². The zero-order valence-corrected chi connectivity index (χ0v) is 10.3. The maximum Gasteiger partial charge on any atom is 0.126 e. The Kier molecular flexibility index (Phi) is 3.84. The summed E-state index contributed by atoms with van der Waals surface area (Å²) in [5.41, 5.74) is 1.98. The molecule has 0 fully saturated rings. The second-order valence-corrected chi connectivity index (χ2v) is 4.01. The van der Waals surface area contributed by atoms with Crippen LogP contribution in [0.5, 0.6) is 5.75 Å². The van der Waals surface area contributed by atoms with Crippen molar-refractivity contribution in [2.45, 2.75) is 0 Å². The molecular formula is C15H13ClO. The molecule has 0 spiro atoms. The van der Waals surface area contributed by atoms with Gasteiger partial charge in [0.15, 0.2) is 0 Å². The van der Waals surface area contributed by atoms with Crippen molar-refractivity contribution < 1.29 is 4.74 Å². The number of rotatable bonds is 3. The standard InChI is InChI=1S/C15H13ClO/c1-17-15-10-6-5-9-13(15)11-14(16)12-7-3-2-4-8-12/h2-11H,1H3/b14-11-. The fraction of sp³-hybridized carbons (Fsp3) is 0.0667. The Morgan fingerprint density at radius 3 is 2.35 bits per heavy atom. The van der Waals surface area contributed by atoms with E-state index in [1.54, 1.807) is 7.11 Å². The summed E-state index contributed by atoms with van der Waals surface area (Å²) in [4.78, 5) is 0. The van der Waals surface area contributed by atoms with Crippen LogP contribution in [0.4, 0.5) is 0 Å². The monoisotopic (exact) mass is 244 g/mol. The predicted molar refractivity (Wildman–Crippen MR) is 73.2 cm³/mol. The summed E-state index contributed by atoms with van der Waals surface area (Å²) in [6.45, 7) is 0. The molecule has 0 aromatic heterocycles. The normalized spacial score (nSPS) is 11.3. The second kappa shape index (κ2) is 5.55. The van der Waals surface area contributed by atoms with Crippen molar-refractivity contribution in [1.29, 1.82) is 0 Å². The molecule has 0 amide bonds. The first-order valence-corrected chi connectivity index (χ1v) is 5.74. The number of hydrogen-bond donors (Lipinski definition) is 0. The third-order valence-electron chi connectivity index (χ3n) is 2.47. The molecule has 2 aromatic rings. The third kappa shape index (κ3) is 2.89. The van der Waals surface area contributed by atoms with Gasteiger partial charge >= 0.3 is 0 Å². The molecule has 0 aliphatic heterocycles. The van der Waals surface area contributed by atoms with E-state index in [4.69, 9.17) is 16.3 Å². The van der Waals surface area contributed by atoms with E-state index in [2.05, 4.69) is 0 Å². The highest BCUT2D eigenvalue weighted by Crippen LogP contribution is 2.26. The highest BCUT2D eigenvalue weighted by Gasteiger charge is 2.01. The summed E-state index contributed by atoms with van der Waals surface area (Å²) in [6.07, 6.45) is 1.91. The Hall–Kier alpha value is -1.73. The Bertz CT molecular complexity index is 517. The van der Waals surface area contributed by atoms with Crippen molar-refractivity contribution in [1.82, 2.24) is 0 Å². The summed E-state index contributed by atoms with van der Waals surface area (Å²) in [5.74, 6) is 0.821. The Morgan fingerprint density at radius 1 is 1.00 bits per heavy atom. The maximum atomic E-state index is 6.28. The highest BCUT2D eigenvalue weighted by molar-refractivity contribution is 6.51. The van der Waals surface area contributed by atoms with Crippen molar-refractivity contribution in [3.8, 4) is 5.75 Å². The molecule has 0 bridgehead atoms. The topological polar surface area (TPSA) is 9.23 Å². The second-order valence-electron chi connectivity index (χ2n) is 3.60. The molecule has 0 atom stereocenters. The van der Waals surface area contributed by atoms with Gasteiger partial charge in [0.2, 0.25) is 0 Å². The number of ether oxygens (including phenoxy) is 1. The molecule has 1 nitrogen and oxygen atoms in total. The van der Waals surface area contributed by atoms with E-state index in [0.29, 0.717) is 5.03 Å². The van der Waals surface area contributed by atoms with E-state index in [1.165, 1.54) is 0 Å². The van der Waals surface area contributed by atoms with Crippen molar-refractivity contribution in [3.63, 3.8) is 0 Å². The van der Waals surface area contributed by atoms with Gasteiger partial charge in [-0.2, -0.15) is 0 Å². The zero-order chi connectivity index (χ0) is 12.1. The maximum absolute atomic E-state index is 6.28. The van der Waals surface area contributed by atoms with Gasteiger partial charge in [0.1, 0.15) is 5.75 Å². The molecule has 0 radical (unpaired) electrons. The molecule has 0 unspecified atom stereocenters. The minimum atomic E-state index is 0.704. The van der Waals surface area contributed by atoms with Gasteiger partial charge in [-0.05, 0) is 17.7 Å². The first-order valence-electron chi connectivity index (χ1n) is 5.37. The SMILES string of the molecule is COc1ccccc1/C=C(\Cl)c1ccccc1. The van der Waals surface area contributed by atoms with E-state index < -0.39 is 0 Å². The average Bonchev–Trinajstić information content (AvgIpc) is 2.40. The van der Waals surface area contributed by atoms with Crippen LogP contribution in [0.25, 0.3) is 11.1 Å². The van der Waals surface area contributed by atoms with Gasteiger partial charge in [-0.1, -0.05) is 60.1 Å². The van der Waals surface area contributed by atoms with E-state index in [0.717, 1.165) is 16.9 Å². The molecule has 2 rings (SSSR count). The van der Waals surface area contributed by atoms with E-state index >= 15 is 0 Å². The van der Waals surface area contributed by atoms with Gasteiger partial charge in [-0.15, -0.1) is 0 Å². The van der Waals surface area contributed by atoms with Crippen molar-refractivity contribution in [3.05, 3.63) is 65.7 Å². The minimum Gasteiger partial charge on any atom is -0.496 e. The largest absolute Gasteiger partial charge is 0.496 e. The summed E-state index contributed by atoms with van der Waals surface area (Å²) in [7, 11) is 1.66. The zero-order valence-electron chi connectivity index (χ0n) is 9.56. The lowest BCUT2D eigenvalue weighted by molar-refractivity contribution is 0.414. The predicted octanol–water partition coefficient (Wildman–Crippen LogP) is 4.43. The first-order chi connectivity index (χ1) is 8.31. The number of methoxy groups -OCH3 is 1. The van der Waals surface area contributed by atoms with Crippen LogP contribution in [0, 0.1) is 0 Å². The van der Waals surface area contributed by atoms with Crippen molar-refractivity contribution >= 4 is 22.7 Å². The lowest BCUT2D eigenvalue weighted by atomic mass is 10.1. The molecule has 17 heavy (non-hydrogen) atoms. The molecule has 0 aliphatic rings. The van der Waals surface area contributed by atoms with Crippen LogP contribution in [0.2, 0.25) is 0 Å². The van der Waals surface area contributed by atoms with Gasteiger partial charge in [0.25, 0.3) is 0 Å². The van der Waals surface area contributed by atoms with E-state index in [1.807, 2.05) is 60.7 Å². The van der Waals surface area contributed by atoms with E-state index in [-0.39, 0.29) is 0 Å². The molecule has 0 saturated heterocycles. The lowest BCUT2D eigenvalue weighted by Gasteiger charge is -2.05. The van der Waals surface area contributed by atoms with Crippen LogP contribution in [0.15, 0.2) is 54.6 Å². The van der Waals surface area contributed by atoms with Gasteiger partial charge in [0.05, 0.1) is 7.11 Å². The number of halogens is 1. The van der Waals surface area contributed by atoms with Crippen molar-refractivity contribution in [2.75, 3.05) is 7.11 Å². The highest BCUT2D eigenvalue weighted by atomic mass is 35.5. The fourth-order valence-corrected chi connectivity index (χ4v) is 1.85. The molecule has 0 aliphatic carbocycles. The molecular weight excluding hydrogens is 232 g/mol. The smallest absolute Gasteiger partial charge is 0.126 e. The molecule has 2 heteroatoms. The lowest BCUT2D eigenvalue weighted by Crippen LogP contribution is -1.86. The molecule has 86 valence electrons. The molecule has 0 heterocycles. The quantitative estimate of drug-likeness (QED) is 0.726.